The third-order valence-corrected chi connectivity index (χ3v) is 4.41. The van der Waals surface area contributed by atoms with Gasteiger partial charge in [0.1, 0.15) is 16.9 Å². The van der Waals surface area contributed by atoms with Crippen molar-refractivity contribution in [2.45, 2.75) is 13.3 Å². The molecule has 2 heterocycles. The van der Waals surface area contributed by atoms with Gasteiger partial charge in [0, 0.05) is 11.6 Å². The molecule has 0 atom stereocenters. The minimum absolute atomic E-state index is 0.0436. The summed E-state index contributed by atoms with van der Waals surface area (Å²) < 4.78 is 3.02. The van der Waals surface area contributed by atoms with Crippen molar-refractivity contribution in [3.05, 3.63) is 88.7 Å². The summed E-state index contributed by atoms with van der Waals surface area (Å²) in [6.07, 6.45) is 0.414. The van der Waals surface area contributed by atoms with Gasteiger partial charge in [0.05, 0.1) is 0 Å². The number of rotatable bonds is 3. The van der Waals surface area contributed by atoms with Gasteiger partial charge in [-0.15, -0.1) is 0 Å². The second-order valence-electron chi connectivity index (χ2n) is 5.99. The second kappa shape index (κ2) is 6.44. The third-order valence-electron chi connectivity index (χ3n) is 4.41. The lowest BCUT2D eigenvalue weighted by Crippen LogP contribution is -2.40. The highest BCUT2D eigenvalue weighted by molar-refractivity contribution is 5.59. The molecule has 1 N–H and O–H groups in total. The number of hydrogen-bond acceptors (Lipinski definition) is 3. The molecule has 128 valence electrons. The van der Waals surface area contributed by atoms with Gasteiger partial charge in [-0.2, -0.15) is 4.57 Å². The number of para-hydroxylation sites is 1. The molecule has 0 unspecified atom stereocenters. The fourth-order valence-electron chi connectivity index (χ4n) is 3.11. The molecule has 0 fully saturated rings. The summed E-state index contributed by atoms with van der Waals surface area (Å²) in [5.74, 6) is -0.0436. The molecule has 4 aromatic rings. The average Bonchev–Trinajstić information content (AvgIpc) is 2.70. The molecule has 2 aromatic carbocycles. The van der Waals surface area contributed by atoms with E-state index in [-0.39, 0.29) is 11.4 Å². The van der Waals surface area contributed by atoms with Crippen LogP contribution in [0.2, 0.25) is 0 Å². The first-order chi connectivity index (χ1) is 12.7. The highest BCUT2D eigenvalue weighted by atomic mass is 16.3. The first-order valence-corrected chi connectivity index (χ1v) is 8.51. The van der Waals surface area contributed by atoms with Crippen molar-refractivity contribution in [2.24, 2.45) is 0 Å². The normalized spacial score (nSPS) is 11.0. The Labute approximate surface area is 150 Å². The predicted molar refractivity (Wildman–Crippen MR) is 99.5 cm³/mol. The van der Waals surface area contributed by atoms with Crippen molar-refractivity contribution >= 4 is 5.65 Å². The molecule has 0 spiro atoms. The van der Waals surface area contributed by atoms with E-state index in [1.165, 1.54) is 4.52 Å². The van der Waals surface area contributed by atoms with Crippen LogP contribution in [0.5, 0.6) is 5.88 Å². The van der Waals surface area contributed by atoms with E-state index in [0.717, 1.165) is 11.3 Å². The van der Waals surface area contributed by atoms with Crippen molar-refractivity contribution in [3.63, 3.8) is 0 Å². The Bertz CT molecular complexity index is 1140. The van der Waals surface area contributed by atoms with Gasteiger partial charge in [-0.05, 0) is 24.6 Å². The molecule has 0 aliphatic carbocycles. The van der Waals surface area contributed by atoms with Crippen LogP contribution in [0.3, 0.4) is 0 Å². The van der Waals surface area contributed by atoms with Crippen LogP contribution < -0.4 is 10.1 Å². The largest absolute Gasteiger partial charge is 0.477 e. The van der Waals surface area contributed by atoms with Crippen LogP contribution in [0.15, 0.2) is 77.6 Å². The number of hydrogen-bond donors (Lipinski definition) is 1. The molecule has 0 amide bonds. The number of nitrogens with zero attached hydrogens (tertiary/aromatic N) is 3. The number of fused-ring (bicyclic) bond motifs is 1. The molecule has 2 aromatic heterocycles. The van der Waals surface area contributed by atoms with Gasteiger partial charge in [0.15, 0.2) is 0 Å². The van der Waals surface area contributed by atoms with Gasteiger partial charge in [-0.3, -0.25) is 0 Å². The Kier molecular flexibility index (Phi) is 3.97. The maximum absolute atomic E-state index is 12.9. The first-order valence-electron chi connectivity index (χ1n) is 8.51. The highest BCUT2D eigenvalue weighted by Gasteiger charge is 2.25. The topological polar surface area (TPSA) is 58.5 Å². The predicted octanol–water partition coefficient (Wildman–Crippen LogP) is 2.91. The Morgan fingerprint density at radius 3 is 2.27 bits per heavy atom. The molecule has 0 bridgehead atoms. The van der Waals surface area contributed by atoms with E-state index in [1.807, 2.05) is 79.7 Å². The average molecular weight is 344 g/mol. The van der Waals surface area contributed by atoms with E-state index in [0.29, 0.717) is 23.3 Å². The summed E-state index contributed by atoms with van der Waals surface area (Å²) in [5, 5.41) is 15.3. The smallest absolute Gasteiger partial charge is 0.370 e. The van der Waals surface area contributed by atoms with Crippen LogP contribution in [0.4, 0.5) is 0 Å². The molecular weight excluding hydrogens is 326 g/mol. The molecule has 0 saturated heterocycles. The van der Waals surface area contributed by atoms with Crippen LogP contribution in [0, 0.1) is 0 Å². The highest BCUT2D eigenvalue weighted by Crippen LogP contribution is 2.18. The monoisotopic (exact) mass is 344 g/mol. The minimum atomic E-state index is -0.301. The van der Waals surface area contributed by atoms with Gasteiger partial charge in [0.25, 0.3) is 5.88 Å². The zero-order chi connectivity index (χ0) is 18.1. The maximum atomic E-state index is 12.9. The molecule has 0 aliphatic heterocycles. The van der Waals surface area contributed by atoms with Gasteiger partial charge in [-0.1, -0.05) is 65.1 Å². The lowest BCUT2D eigenvalue weighted by molar-refractivity contribution is -0.581. The molecule has 0 radical (unpaired) electrons. The van der Waals surface area contributed by atoms with Gasteiger partial charge in [0.2, 0.25) is 0 Å². The van der Waals surface area contributed by atoms with Crippen LogP contribution in [0.1, 0.15) is 12.5 Å². The number of aromatic hydroxyl groups is 1. The van der Waals surface area contributed by atoms with Crippen LogP contribution in [0.25, 0.3) is 22.6 Å². The fraction of sp³-hybridized carbons (Fsp3) is 0.0952. The van der Waals surface area contributed by atoms with Crippen LogP contribution in [-0.2, 0) is 6.42 Å². The second-order valence-corrected chi connectivity index (χ2v) is 5.99. The summed E-state index contributed by atoms with van der Waals surface area (Å²) in [6.45, 7) is 1.85. The fourth-order valence-corrected chi connectivity index (χ4v) is 3.11. The molecule has 5 nitrogen and oxygen atoms in total. The summed E-state index contributed by atoms with van der Waals surface area (Å²) in [7, 11) is 0. The zero-order valence-corrected chi connectivity index (χ0v) is 14.3. The molecular formula is C21H18N3O2+. The molecule has 26 heavy (non-hydrogen) atoms. The zero-order valence-electron chi connectivity index (χ0n) is 14.3. The van der Waals surface area contributed by atoms with Gasteiger partial charge >= 0.3 is 11.2 Å². The summed E-state index contributed by atoms with van der Waals surface area (Å²) in [6, 6.07) is 22.8. The first kappa shape index (κ1) is 16.0. The standard InChI is InChI=1S/C21H17N3O2/c1-2-17-20(25)23(16-11-7-4-8-12-16)19-14-13-18(22-24(19)21(17)26)15-9-5-3-6-10-15/h3-14H,2H2,1H3/p+1. The van der Waals surface area contributed by atoms with Gasteiger partial charge in [-0.25, -0.2) is 4.79 Å². The Balaban J connectivity index is 2.08. The summed E-state index contributed by atoms with van der Waals surface area (Å²) in [4.78, 5) is 12.9. The quantitative estimate of drug-likeness (QED) is 0.582. The van der Waals surface area contributed by atoms with Crippen LogP contribution >= 0.6 is 0 Å². The Morgan fingerprint density at radius 1 is 0.962 bits per heavy atom. The maximum Gasteiger partial charge on any atom is 0.370 e. The SMILES string of the molecule is CCc1c(O)[n+](-c2ccccc2)c2ccc(-c3ccccc3)nn2c1=O. The van der Waals surface area contributed by atoms with E-state index >= 15 is 0 Å². The minimum Gasteiger partial charge on any atom is -0.477 e. The molecule has 4 rings (SSSR count). The molecule has 0 aliphatic rings. The number of benzene rings is 2. The van der Waals surface area contributed by atoms with Crippen molar-refractivity contribution in [2.75, 3.05) is 0 Å². The number of aromatic nitrogens is 3. The Morgan fingerprint density at radius 2 is 1.62 bits per heavy atom. The van der Waals surface area contributed by atoms with E-state index in [2.05, 4.69) is 5.10 Å². The summed E-state index contributed by atoms with van der Waals surface area (Å²) in [5.41, 5.74) is 2.95. The lowest BCUT2D eigenvalue weighted by Gasteiger charge is -2.08. The third kappa shape index (κ3) is 2.54. The van der Waals surface area contributed by atoms with E-state index in [9.17, 15) is 9.90 Å². The van der Waals surface area contributed by atoms with Crippen molar-refractivity contribution in [1.82, 2.24) is 9.61 Å². The van der Waals surface area contributed by atoms with Crippen LogP contribution in [-0.4, -0.2) is 14.7 Å². The summed E-state index contributed by atoms with van der Waals surface area (Å²) >= 11 is 0. The molecule has 5 heteroatoms. The van der Waals surface area contributed by atoms with E-state index in [4.69, 9.17) is 0 Å². The van der Waals surface area contributed by atoms with Crippen molar-refractivity contribution in [1.29, 1.82) is 0 Å². The Hall–Kier alpha value is -3.47. The van der Waals surface area contributed by atoms with E-state index in [1.54, 1.807) is 4.57 Å². The van der Waals surface area contributed by atoms with E-state index < -0.39 is 0 Å². The van der Waals surface area contributed by atoms with Gasteiger partial charge < -0.3 is 5.11 Å². The molecule has 0 saturated carbocycles. The van der Waals surface area contributed by atoms with Crippen molar-refractivity contribution in [3.8, 4) is 22.8 Å². The lowest BCUT2D eigenvalue weighted by atomic mass is 10.1. The van der Waals surface area contributed by atoms with Crippen molar-refractivity contribution < 1.29 is 9.67 Å².